The first-order valence-electron chi connectivity index (χ1n) is 30.5. The smallest absolute Gasteiger partial charge is 0.407 e. The maximum Gasteiger partial charge on any atom is 0.407 e. The number of fused-ring (bicyclic) bond motifs is 6. The number of urea groups is 1. The molecule has 25 nitrogen and oxygen atoms in total. The molecule has 7 aromatic rings. The van der Waals surface area contributed by atoms with E-state index in [-0.39, 0.29) is 81.1 Å². The predicted molar refractivity (Wildman–Crippen MR) is 348 cm³/mol. The standard InChI is InChI=1S/C68H71ClN10O15/c1-37(2)59(77-55(81)25-26-57(83)78-33-41-12-4-3-10-39(41)19-20-40-11-5-8-16-51(40)78)64(88)76-49(15-9-27-71-67(70)90)63(87)74-44-21-17-38(18-22-44)36-92-68(91)72-32-56(82)73-45-23-24-48-42(28-45)29-50(75-48)65(89)79-34-43(31-69)58-47-14-7-6-13-46(47)53(30-52(58)79)93-66-62(86)61(85)60(84)54(35-80)94-66/h3-8,10-14,16-18,21-24,28-30,37,43,49,54,59-62,66,75,80,84-86H,9,15,25-27,31-36H2,1-2H3,(H,72,91)(H,73,82)(H,74,87)(H,76,88)(H,77,81)(H3,70,71,90). The highest BCUT2D eigenvalue weighted by molar-refractivity contribution is 6.19. The molecule has 4 heterocycles. The van der Waals surface area contributed by atoms with Gasteiger partial charge in [0.1, 0.15) is 61.1 Å². The molecule has 1 saturated heterocycles. The summed E-state index contributed by atoms with van der Waals surface area (Å²) < 4.78 is 17.2. The van der Waals surface area contributed by atoms with Gasteiger partial charge in [0.15, 0.2) is 0 Å². The Bertz CT molecular complexity index is 4080. The molecular weight excluding hydrogens is 1230 g/mol. The van der Waals surface area contributed by atoms with Crippen LogP contribution in [0.1, 0.15) is 83.8 Å². The van der Waals surface area contributed by atoms with Crippen molar-refractivity contribution in [2.45, 2.75) is 101 Å². The van der Waals surface area contributed by atoms with Gasteiger partial charge >= 0.3 is 12.1 Å². The molecule has 8 atom stereocenters. The third-order valence-corrected chi connectivity index (χ3v) is 16.8. The number of nitrogens with two attached hydrogens (primary N) is 1. The highest BCUT2D eigenvalue weighted by Crippen LogP contribution is 2.47. The number of halogens is 1. The number of carbonyl (C=O) groups excluding carboxylic acids is 8. The Morgan fingerprint density at radius 3 is 2.20 bits per heavy atom. The number of benzene rings is 6. The number of rotatable bonds is 23. The highest BCUT2D eigenvalue weighted by Gasteiger charge is 2.45. The van der Waals surface area contributed by atoms with Gasteiger partial charge in [0.25, 0.3) is 5.91 Å². The number of nitrogens with zero attached hydrogens (tertiary/aromatic N) is 2. The van der Waals surface area contributed by atoms with Gasteiger partial charge in [-0.1, -0.05) is 92.4 Å². The van der Waals surface area contributed by atoms with Gasteiger partial charge in [0.2, 0.25) is 35.8 Å². The Labute approximate surface area is 544 Å². The highest BCUT2D eigenvalue weighted by atomic mass is 35.5. The van der Waals surface area contributed by atoms with E-state index in [1.165, 1.54) is 0 Å². The van der Waals surface area contributed by atoms with E-state index in [0.29, 0.717) is 50.2 Å². The third-order valence-electron chi connectivity index (χ3n) is 16.4. The summed E-state index contributed by atoms with van der Waals surface area (Å²) >= 11 is 6.53. The van der Waals surface area contributed by atoms with E-state index in [9.17, 15) is 58.8 Å². The quantitative estimate of drug-likeness (QED) is 0.0226. The van der Waals surface area contributed by atoms with Gasteiger partial charge in [-0.15, -0.1) is 11.6 Å². The first-order valence-corrected chi connectivity index (χ1v) is 31.1. The summed E-state index contributed by atoms with van der Waals surface area (Å²) in [4.78, 5) is 113. The lowest BCUT2D eigenvalue weighted by Gasteiger charge is -2.39. The molecule has 0 aliphatic carbocycles. The van der Waals surface area contributed by atoms with E-state index in [4.69, 9.17) is 31.5 Å². The molecule has 1 aromatic heterocycles. The van der Waals surface area contributed by atoms with Crippen LogP contribution in [0.2, 0.25) is 0 Å². The summed E-state index contributed by atoms with van der Waals surface area (Å²) in [6.45, 7) is 2.69. The number of hydrogen-bond donors (Lipinski definition) is 12. The fourth-order valence-electron chi connectivity index (χ4n) is 11.5. The minimum Gasteiger partial charge on any atom is -0.461 e. The molecule has 10 rings (SSSR count). The van der Waals surface area contributed by atoms with Crippen molar-refractivity contribution >= 4 is 104 Å². The number of H-pyrrole nitrogens is 1. The van der Waals surface area contributed by atoms with Crippen LogP contribution in [-0.2, 0) is 46.6 Å². The molecule has 9 amide bonds. The third kappa shape index (κ3) is 15.7. The van der Waals surface area contributed by atoms with Crippen LogP contribution in [0, 0.1) is 17.8 Å². The summed E-state index contributed by atoms with van der Waals surface area (Å²) in [5, 5.41) is 59.2. The monoisotopic (exact) mass is 1300 g/mol. The van der Waals surface area contributed by atoms with Crippen LogP contribution >= 0.6 is 11.6 Å². The number of hydrogen-bond acceptors (Lipinski definition) is 15. The molecule has 94 heavy (non-hydrogen) atoms. The average molecular weight is 1300 g/mol. The summed E-state index contributed by atoms with van der Waals surface area (Å²) in [6.07, 6.45) is -8.64. The topological polar surface area (TPSA) is 366 Å². The maximum absolute atomic E-state index is 14.4. The van der Waals surface area contributed by atoms with Crippen LogP contribution in [0.15, 0.2) is 127 Å². The number of aromatic nitrogens is 1. The van der Waals surface area contributed by atoms with Crippen molar-refractivity contribution in [1.82, 2.24) is 26.3 Å². The zero-order valence-corrected chi connectivity index (χ0v) is 52.0. The molecule has 13 N–H and O–H groups in total. The fourth-order valence-corrected chi connectivity index (χ4v) is 11.7. The number of carbonyl (C=O) groups is 8. The average Bonchev–Trinajstić information content (AvgIpc) is 1.55. The van der Waals surface area contributed by atoms with Gasteiger partial charge < -0.3 is 87.1 Å². The van der Waals surface area contributed by atoms with Gasteiger partial charge in [0, 0.05) is 82.6 Å². The van der Waals surface area contributed by atoms with Crippen molar-refractivity contribution in [2.75, 3.05) is 52.6 Å². The van der Waals surface area contributed by atoms with E-state index in [1.54, 1.807) is 96.4 Å². The van der Waals surface area contributed by atoms with Crippen LogP contribution in [-0.4, -0.2) is 148 Å². The molecule has 490 valence electrons. The van der Waals surface area contributed by atoms with Gasteiger partial charge in [-0.25, -0.2) is 9.59 Å². The summed E-state index contributed by atoms with van der Waals surface area (Å²) in [7, 11) is 0. The van der Waals surface area contributed by atoms with Crippen molar-refractivity contribution in [3.8, 4) is 17.6 Å². The molecule has 8 unspecified atom stereocenters. The number of aliphatic hydroxyl groups is 4. The van der Waals surface area contributed by atoms with Gasteiger partial charge in [-0.05, 0) is 95.4 Å². The first kappa shape index (κ1) is 66.8. The molecular formula is C68H71ClN10O15. The maximum atomic E-state index is 14.4. The van der Waals surface area contributed by atoms with Crippen molar-refractivity contribution in [2.24, 2.45) is 11.7 Å². The number of alkyl carbamates (subject to hydrolysis) is 1. The predicted octanol–water partition coefficient (Wildman–Crippen LogP) is 5.09. The second-order valence-corrected chi connectivity index (χ2v) is 23.6. The lowest BCUT2D eigenvalue weighted by Crippen LogP contribution is -2.60. The molecule has 0 radical (unpaired) electrons. The molecule has 6 aromatic carbocycles. The van der Waals surface area contributed by atoms with Crippen LogP contribution in [0.4, 0.5) is 32.3 Å². The lowest BCUT2D eigenvalue weighted by molar-refractivity contribution is -0.277. The second kappa shape index (κ2) is 30.1. The summed E-state index contributed by atoms with van der Waals surface area (Å²) in [5.74, 6) is 2.88. The van der Waals surface area contributed by atoms with Crippen molar-refractivity contribution in [1.29, 1.82) is 0 Å². The zero-order chi connectivity index (χ0) is 66.7. The van der Waals surface area contributed by atoms with E-state index in [1.807, 2.05) is 54.6 Å². The number of alkyl halides is 1. The number of aliphatic hydroxyl groups excluding tert-OH is 4. The Morgan fingerprint density at radius 1 is 0.745 bits per heavy atom. The second-order valence-electron chi connectivity index (χ2n) is 23.3. The number of nitrogens with one attached hydrogen (secondary N) is 7. The van der Waals surface area contributed by atoms with E-state index in [2.05, 4.69) is 48.7 Å². The first-order chi connectivity index (χ1) is 45.3. The number of primary amides is 1. The lowest BCUT2D eigenvalue weighted by atomic mass is 9.95. The van der Waals surface area contributed by atoms with E-state index < -0.39 is 104 Å². The summed E-state index contributed by atoms with van der Waals surface area (Å²) in [5.41, 5.74) is 11.5. The Kier molecular flexibility index (Phi) is 21.4. The van der Waals surface area contributed by atoms with Crippen LogP contribution < -0.4 is 52.2 Å². The molecule has 0 spiro atoms. The van der Waals surface area contributed by atoms with Crippen LogP contribution in [0.5, 0.6) is 5.75 Å². The van der Waals surface area contributed by atoms with E-state index in [0.717, 1.165) is 22.1 Å². The van der Waals surface area contributed by atoms with Crippen molar-refractivity contribution in [3.63, 3.8) is 0 Å². The van der Waals surface area contributed by atoms with Crippen molar-refractivity contribution < 1.29 is 73.0 Å². The SMILES string of the molecule is CC(C)C(NC(=O)CCC(=O)N1Cc2ccccc2C#Cc2ccccc21)C(=O)NC(CCCNC(N)=O)C(=O)Nc1ccc(COC(=O)NCC(=O)Nc2ccc3[nH]c(C(=O)N4CC(CCl)c5c4cc(OC4OC(CO)C(O)C(O)C4O)c4ccccc54)cc3c2)cc1. The molecule has 26 heteroatoms. The Morgan fingerprint density at radius 2 is 1.46 bits per heavy atom. The number of anilines is 4. The van der Waals surface area contributed by atoms with Crippen LogP contribution in [0.25, 0.3) is 21.7 Å². The molecule has 1 fully saturated rings. The largest absolute Gasteiger partial charge is 0.461 e. The Hall–Kier alpha value is -10.1. The van der Waals surface area contributed by atoms with Gasteiger partial charge in [-0.3, -0.25) is 28.8 Å². The fraction of sp³-hybridized carbons (Fsp3) is 0.324. The molecule has 3 aliphatic heterocycles. The molecule has 3 aliphatic rings. The van der Waals surface area contributed by atoms with Gasteiger partial charge in [-0.2, -0.15) is 0 Å². The normalized spacial score (nSPS) is 18.6. The van der Waals surface area contributed by atoms with E-state index >= 15 is 0 Å². The minimum atomic E-state index is -1.68. The number of amides is 9. The Balaban J connectivity index is 0.700. The molecule has 0 bridgehead atoms. The zero-order valence-electron chi connectivity index (χ0n) is 51.2. The number of para-hydroxylation sites is 1. The van der Waals surface area contributed by atoms with Crippen molar-refractivity contribution in [3.05, 3.63) is 161 Å². The molecule has 0 saturated carbocycles. The summed E-state index contributed by atoms with van der Waals surface area (Å²) in [6, 6.07) is 33.6. The van der Waals surface area contributed by atoms with Crippen LogP contribution in [0.3, 0.4) is 0 Å². The van der Waals surface area contributed by atoms with Gasteiger partial charge in [0.05, 0.1) is 24.5 Å². The minimum absolute atomic E-state index is 0.0635. The number of aromatic amines is 1. The number of ether oxygens (including phenoxy) is 3.